The molecular weight excluding hydrogens is 338 g/mol. The summed E-state index contributed by atoms with van der Waals surface area (Å²) in [5.74, 6) is -4.93. The van der Waals surface area contributed by atoms with Crippen molar-refractivity contribution < 1.29 is 40.8 Å². The predicted octanol–water partition coefficient (Wildman–Crippen LogP) is 1.96. The lowest BCUT2D eigenvalue weighted by molar-refractivity contribution is -0.153. The van der Waals surface area contributed by atoms with Crippen molar-refractivity contribution in [2.24, 2.45) is 0 Å². The molecule has 0 aliphatic heterocycles. The second-order valence-corrected chi connectivity index (χ2v) is 6.72. The Bertz CT molecular complexity index is 471. The van der Waals surface area contributed by atoms with Crippen LogP contribution < -0.4 is 0 Å². The fraction of sp³-hybridized carbons (Fsp3) is 0.846. The molecule has 23 heavy (non-hydrogen) atoms. The third-order valence-corrected chi connectivity index (χ3v) is 3.29. The molecule has 10 heteroatoms. The highest BCUT2D eigenvalue weighted by atomic mass is 32.2. The fourth-order valence-corrected chi connectivity index (χ4v) is 1.80. The van der Waals surface area contributed by atoms with E-state index in [4.69, 9.17) is 4.55 Å². The SMILES string of the molecule is CC(F)(F)COC(=O)CCCCCCC(=O)OCCS(=O)(=O)O. The van der Waals surface area contributed by atoms with Gasteiger partial charge in [-0.15, -0.1) is 0 Å². The maximum absolute atomic E-state index is 12.4. The molecule has 0 aromatic rings. The Labute approximate surface area is 134 Å². The number of hydrogen-bond acceptors (Lipinski definition) is 6. The lowest BCUT2D eigenvalue weighted by atomic mass is 10.1. The molecule has 0 rings (SSSR count). The molecule has 0 unspecified atom stereocenters. The minimum atomic E-state index is -4.14. The molecule has 0 aliphatic rings. The summed E-state index contributed by atoms with van der Waals surface area (Å²) >= 11 is 0. The normalized spacial score (nSPS) is 12.0. The van der Waals surface area contributed by atoms with Crippen molar-refractivity contribution in [1.29, 1.82) is 0 Å². The molecule has 0 aromatic carbocycles. The first-order valence-corrected chi connectivity index (χ1v) is 8.75. The van der Waals surface area contributed by atoms with Crippen LogP contribution in [0.1, 0.15) is 45.4 Å². The number of carbonyl (C=O) groups excluding carboxylic acids is 2. The summed E-state index contributed by atoms with van der Waals surface area (Å²) in [5.41, 5.74) is 0. The second-order valence-electron chi connectivity index (χ2n) is 5.15. The number of ether oxygens (including phenoxy) is 2. The van der Waals surface area contributed by atoms with Crippen molar-refractivity contribution in [3.63, 3.8) is 0 Å². The monoisotopic (exact) mass is 360 g/mol. The molecule has 0 heterocycles. The van der Waals surface area contributed by atoms with E-state index in [1.807, 2.05) is 0 Å². The molecule has 7 nitrogen and oxygen atoms in total. The largest absolute Gasteiger partial charge is 0.464 e. The van der Waals surface area contributed by atoms with Crippen LogP contribution in [0.25, 0.3) is 0 Å². The van der Waals surface area contributed by atoms with Gasteiger partial charge >= 0.3 is 11.9 Å². The van der Waals surface area contributed by atoms with Crippen molar-refractivity contribution >= 4 is 22.1 Å². The molecule has 0 atom stereocenters. The molecule has 0 spiro atoms. The van der Waals surface area contributed by atoms with Gasteiger partial charge in [-0.05, 0) is 12.8 Å². The lowest BCUT2D eigenvalue weighted by Crippen LogP contribution is -2.21. The number of unbranched alkanes of at least 4 members (excludes halogenated alkanes) is 3. The van der Waals surface area contributed by atoms with Gasteiger partial charge in [0, 0.05) is 19.8 Å². The second kappa shape index (κ2) is 10.5. The molecule has 0 fully saturated rings. The van der Waals surface area contributed by atoms with Gasteiger partial charge in [0.1, 0.15) is 12.4 Å². The van der Waals surface area contributed by atoms with E-state index in [1.54, 1.807) is 0 Å². The van der Waals surface area contributed by atoms with Crippen LogP contribution >= 0.6 is 0 Å². The van der Waals surface area contributed by atoms with Crippen LogP contribution in [0.15, 0.2) is 0 Å². The molecule has 0 radical (unpaired) electrons. The van der Waals surface area contributed by atoms with E-state index in [0.29, 0.717) is 32.6 Å². The third-order valence-electron chi connectivity index (χ3n) is 2.60. The maximum Gasteiger partial charge on any atom is 0.305 e. The van der Waals surface area contributed by atoms with Crippen LogP contribution in [-0.4, -0.2) is 49.8 Å². The number of rotatable bonds is 12. The highest BCUT2D eigenvalue weighted by Gasteiger charge is 2.23. The minimum Gasteiger partial charge on any atom is -0.464 e. The van der Waals surface area contributed by atoms with Crippen LogP contribution in [0.2, 0.25) is 0 Å². The third kappa shape index (κ3) is 16.9. The van der Waals surface area contributed by atoms with Gasteiger partial charge in [0.05, 0.1) is 0 Å². The summed E-state index contributed by atoms with van der Waals surface area (Å²) in [6.45, 7) is -0.665. The maximum atomic E-state index is 12.4. The smallest absolute Gasteiger partial charge is 0.305 e. The molecule has 136 valence electrons. The Morgan fingerprint density at radius 3 is 1.91 bits per heavy atom. The zero-order valence-corrected chi connectivity index (χ0v) is 13.7. The average Bonchev–Trinajstić information content (AvgIpc) is 2.38. The summed E-state index contributed by atoms with van der Waals surface area (Å²) in [7, 11) is -4.14. The van der Waals surface area contributed by atoms with Crippen LogP contribution in [-0.2, 0) is 29.2 Å². The highest BCUT2D eigenvalue weighted by Crippen LogP contribution is 2.13. The van der Waals surface area contributed by atoms with E-state index < -0.39 is 46.9 Å². The number of esters is 2. The van der Waals surface area contributed by atoms with Crippen LogP contribution in [0.4, 0.5) is 8.78 Å². The van der Waals surface area contributed by atoms with Crippen LogP contribution in [0, 0.1) is 0 Å². The first kappa shape index (κ1) is 21.7. The van der Waals surface area contributed by atoms with Crippen LogP contribution in [0.3, 0.4) is 0 Å². The zero-order chi connectivity index (χ0) is 17.9. The zero-order valence-electron chi connectivity index (χ0n) is 12.9. The van der Waals surface area contributed by atoms with E-state index in [1.165, 1.54) is 0 Å². The van der Waals surface area contributed by atoms with E-state index >= 15 is 0 Å². The van der Waals surface area contributed by atoms with Crippen molar-refractivity contribution in [3.05, 3.63) is 0 Å². The quantitative estimate of drug-likeness (QED) is 0.322. The summed E-state index contributed by atoms with van der Waals surface area (Å²) in [6.07, 6.45) is 2.34. The van der Waals surface area contributed by atoms with Gasteiger partial charge in [-0.3, -0.25) is 14.1 Å². The molecule has 0 aliphatic carbocycles. The van der Waals surface area contributed by atoms with Gasteiger partial charge in [0.25, 0.3) is 16.0 Å². The summed E-state index contributed by atoms with van der Waals surface area (Å²) in [5, 5.41) is 0. The first-order valence-electron chi connectivity index (χ1n) is 7.14. The van der Waals surface area contributed by atoms with E-state index in [-0.39, 0.29) is 12.8 Å². The van der Waals surface area contributed by atoms with Crippen molar-refractivity contribution in [3.8, 4) is 0 Å². The van der Waals surface area contributed by atoms with Gasteiger partial charge in [-0.1, -0.05) is 12.8 Å². The van der Waals surface area contributed by atoms with E-state index in [9.17, 15) is 26.8 Å². The van der Waals surface area contributed by atoms with Crippen molar-refractivity contribution in [2.75, 3.05) is 19.0 Å². The summed E-state index contributed by atoms with van der Waals surface area (Å²) < 4.78 is 63.1. The van der Waals surface area contributed by atoms with Crippen molar-refractivity contribution in [1.82, 2.24) is 0 Å². The Balaban J connectivity index is 3.52. The van der Waals surface area contributed by atoms with E-state index in [0.717, 1.165) is 0 Å². The topological polar surface area (TPSA) is 107 Å². The predicted molar refractivity (Wildman–Crippen MR) is 76.7 cm³/mol. The lowest BCUT2D eigenvalue weighted by Gasteiger charge is -2.10. The van der Waals surface area contributed by atoms with Gasteiger partial charge in [0.2, 0.25) is 0 Å². The number of hydrogen-bond donors (Lipinski definition) is 1. The highest BCUT2D eigenvalue weighted by molar-refractivity contribution is 7.85. The molecule has 1 N–H and O–H groups in total. The Morgan fingerprint density at radius 1 is 1.00 bits per heavy atom. The van der Waals surface area contributed by atoms with Crippen molar-refractivity contribution in [2.45, 2.75) is 51.4 Å². The molecule has 0 saturated heterocycles. The van der Waals surface area contributed by atoms with Crippen LogP contribution in [0.5, 0.6) is 0 Å². The average molecular weight is 360 g/mol. The molecule has 0 saturated carbocycles. The minimum absolute atomic E-state index is 0.0366. The van der Waals surface area contributed by atoms with Gasteiger partial charge in [-0.25, -0.2) is 8.78 Å². The van der Waals surface area contributed by atoms with Gasteiger partial charge in [0.15, 0.2) is 6.61 Å². The standard InChI is InChI=1S/C13H22F2O7S/c1-13(14,15)10-22-12(17)7-5-3-2-4-6-11(16)21-8-9-23(18,19)20/h2-10H2,1H3,(H,18,19,20). The van der Waals surface area contributed by atoms with Gasteiger partial charge in [-0.2, -0.15) is 8.42 Å². The number of alkyl halides is 2. The Morgan fingerprint density at radius 2 is 1.48 bits per heavy atom. The van der Waals surface area contributed by atoms with E-state index in [2.05, 4.69) is 9.47 Å². The summed E-state index contributed by atoms with van der Waals surface area (Å²) in [6, 6.07) is 0. The molecular formula is C13H22F2O7S. The fourth-order valence-electron chi connectivity index (χ4n) is 1.50. The molecule has 0 aromatic heterocycles. The first-order chi connectivity index (χ1) is 10.5. The Kier molecular flexibility index (Phi) is 9.89. The number of halogens is 2. The summed E-state index contributed by atoms with van der Waals surface area (Å²) in [4.78, 5) is 22.3. The van der Waals surface area contributed by atoms with Gasteiger partial charge < -0.3 is 9.47 Å². The Hall–Kier alpha value is -1.29. The number of carbonyl (C=O) groups is 2. The molecule has 0 bridgehead atoms. The molecule has 0 amide bonds.